The molecule has 0 radical (unpaired) electrons. The number of nitrogens with zero attached hydrogens (tertiary/aromatic N) is 5. The summed E-state index contributed by atoms with van der Waals surface area (Å²) >= 11 is 1.41. The highest BCUT2D eigenvalue weighted by molar-refractivity contribution is 7.13. The average Bonchev–Trinajstić information content (AvgIpc) is 3.14. The fourth-order valence-electron chi connectivity index (χ4n) is 2.27. The first-order valence-corrected chi connectivity index (χ1v) is 8.29. The number of rotatable bonds is 5. The summed E-state index contributed by atoms with van der Waals surface area (Å²) in [4.78, 5) is 23.2. The molecule has 0 aliphatic carbocycles. The quantitative estimate of drug-likeness (QED) is 0.770. The van der Waals surface area contributed by atoms with Crippen molar-refractivity contribution in [3.05, 3.63) is 52.9 Å². The van der Waals surface area contributed by atoms with E-state index in [1.165, 1.54) is 11.3 Å². The number of thiazole rings is 1. The normalized spacial score (nSPS) is 11.0. The maximum atomic E-state index is 12.5. The van der Waals surface area contributed by atoms with Gasteiger partial charge in [-0.2, -0.15) is 5.10 Å². The van der Waals surface area contributed by atoms with Crippen LogP contribution in [0.5, 0.6) is 0 Å². The number of nitrogens with one attached hydrogen (secondary N) is 1. The number of amides is 1. The van der Waals surface area contributed by atoms with Crippen LogP contribution in [0.4, 0.5) is 5.13 Å². The van der Waals surface area contributed by atoms with Gasteiger partial charge in [-0.05, 0) is 33.2 Å². The number of anilines is 1. The summed E-state index contributed by atoms with van der Waals surface area (Å²) in [5.74, 6) is 0.456. The molecule has 3 aromatic heterocycles. The Labute approximate surface area is 144 Å². The van der Waals surface area contributed by atoms with E-state index >= 15 is 0 Å². The maximum absolute atomic E-state index is 12.5. The van der Waals surface area contributed by atoms with Crippen molar-refractivity contribution >= 4 is 22.4 Å². The molecule has 0 aromatic carbocycles. The fourth-order valence-corrected chi connectivity index (χ4v) is 2.96. The Hall–Kier alpha value is -2.58. The Kier molecular flexibility index (Phi) is 4.68. The summed E-state index contributed by atoms with van der Waals surface area (Å²) in [6, 6.07) is 5.56. The van der Waals surface area contributed by atoms with Crippen molar-refractivity contribution < 1.29 is 4.79 Å². The van der Waals surface area contributed by atoms with E-state index in [2.05, 4.69) is 20.4 Å². The van der Waals surface area contributed by atoms with E-state index < -0.39 is 0 Å². The van der Waals surface area contributed by atoms with Crippen LogP contribution in [0.2, 0.25) is 0 Å². The van der Waals surface area contributed by atoms with Crippen LogP contribution in [0.1, 0.15) is 21.7 Å². The SMILES string of the molecule is Cc1c(C(=O)Nc2nc(CN(C)C)cs2)cnn1-c1ccccn1. The number of carbonyl (C=O) groups excluding carboxylic acids is 1. The predicted octanol–water partition coefficient (Wildman–Crippen LogP) is 2.35. The van der Waals surface area contributed by atoms with Crippen LogP contribution < -0.4 is 5.32 Å². The predicted molar refractivity (Wildman–Crippen MR) is 93.6 cm³/mol. The maximum Gasteiger partial charge on any atom is 0.260 e. The first-order valence-electron chi connectivity index (χ1n) is 7.41. The molecule has 24 heavy (non-hydrogen) atoms. The lowest BCUT2D eigenvalue weighted by atomic mass is 10.2. The highest BCUT2D eigenvalue weighted by Gasteiger charge is 2.17. The van der Waals surface area contributed by atoms with Crippen LogP contribution in [0, 0.1) is 6.92 Å². The van der Waals surface area contributed by atoms with Crippen molar-refractivity contribution in [2.24, 2.45) is 0 Å². The van der Waals surface area contributed by atoms with Crippen molar-refractivity contribution in [2.45, 2.75) is 13.5 Å². The van der Waals surface area contributed by atoms with Crippen LogP contribution in [0.15, 0.2) is 36.0 Å². The summed E-state index contributed by atoms with van der Waals surface area (Å²) in [6.07, 6.45) is 3.24. The number of hydrogen-bond acceptors (Lipinski definition) is 6. The Morgan fingerprint density at radius 1 is 1.38 bits per heavy atom. The molecule has 1 amide bonds. The zero-order valence-electron chi connectivity index (χ0n) is 13.7. The van der Waals surface area contributed by atoms with E-state index in [9.17, 15) is 4.79 Å². The number of aromatic nitrogens is 4. The van der Waals surface area contributed by atoms with E-state index in [0.717, 1.165) is 17.9 Å². The summed E-state index contributed by atoms with van der Waals surface area (Å²) < 4.78 is 1.65. The second-order valence-electron chi connectivity index (χ2n) is 5.58. The number of carbonyl (C=O) groups is 1. The Balaban J connectivity index is 1.76. The van der Waals surface area contributed by atoms with Gasteiger partial charge in [-0.25, -0.2) is 14.6 Å². The minimum absolute atomic E-state index is 0.222. The van der Waals surface area contributed by atoms with E-state index in [0.29, 0.717) is 16.5 Å². The van der Waals surface area contributed by atoms with Crippen LogP contribution in [0.25, 0.3) is 5.82 Å². The highest BCUT2D eigenvalue weighted by Crippen LogP contribution is 2.19. The number of pyridine rings is 1. The third-order valence-corrected chi connectivity index (χ3v) is 4.18. The molecule has 0 bridgehead atoms. The molecule has 3 aromatic rings. The van der Waals surface area contributed by atoms with Gasteiger partial charge >= 0.3 is 0 Å². The smallest absolute Gasteiger partial charge is 0.260 e. The molecule has 7 nitrogen and oxygen atoms in total. The molecular weight excluding hydrogens is 324 g/mol. The minimum atomic E-state index is -0.222. The molecule has 3 rings (SSSR count). The number of hydrogen-bond donors (Lipinski definition) is 1. The van der Waals surface area contributed by atoms with Crippen molar-refractivity contribution in [3.8, 4) is 5.82 Å². The third kappa shape index (κ3) is 3.50. The Morgan fingerprint density at radius 2 is 2.21 bits per heavy atom. The lowest BCUT2D eigenvalue weighted by Gasteiger charge is -2.06. The lowest BCUT2D eigenvalue weighted by molar-refractivity contribution is 0.102. The molecule has 0 aliphatic rings. The van der Waals surface area contributed by atoms with Gasteiger partial charge in [-0.3, -0.25) is 10.1 Å². The summed E-state index contributed by atoms with van der Waals surface area (Å²) in [5, 5.41) is 9.63. The van der Waals surface area contributed by atoms with E-state index in [-0.39, 0.29) is 5.91 Å². The molecule has 0 spiro atoms. The van der Waals surface area contributed by atoms with Crippen LogP contribution in [0.3, 0.4) is 0 Å². The zero-order chi connectivity index (χ0) is 17.1. The molecular formula is C16H18N6OS. The average molecular weight is 342 g/mol. The fraction of sp³-hybridized carbons (Fsp3) is 0.250. The van der Waals surface area contributed by atoms with E-state index in [1.807, 2.05) is 49.5 Å². The van der Waals surface area contributed by atoms with Crippen LogP contribution >= 0.6 is 11.3 Å². The van der Waals surface area contributed by atoms with Crippen molar-refractivity contribution in [2.75, 3.05) is 19.4 Å². The standard InChI is InChI=1S/C16H18N6OS/c1-11-13(8-18-22(11)14-6-4-5-7-17-14)15(23)20-16-19-12(10-24-16)9-21(2)3/h4-8,10H,9H2,1-3H3,(H,19,20,23). The molecule has 0 atom stereocenters. The first kappa shape index (κ1) is 16.3. The molecule has 0 aliphatic heterocycles. The highest BCUT2D eigenvalue weighted by atomic mass is 32.1. The Bertz CT molecular complexity index is 839. The first-order chi connectivity index (χ1) is 11.5. The monoisotopic (exact) mass is 342 g/mol. The van der Waals surface area contributed by atoms with Gasteiger partial charge in [-0.15, -0.1) is 11.3 Å². The summed E-state index contributed by atoms with van der Waals surface area (Å²) in [6.45, 7) is 2.58. The van der Waals surface area contributed by atoms with Gasteiger partial charge in [0.2, 0.25) is 0 Å². The van der Waals surface area contributed by atoms with Crippen LogP contribution in [-0.4, -0.2) is 44.7 Å². The van der Waals surface area contributed by atoms with Gasteiger partial charge in [0.25, 0.3) is 5.91 Å². The zero-order valence-corrected chi connectivity index (χ0v) is 14.5. The van der Waals surface area contributed by atoms with Gasteiger partial charge in [-0.1, -0.05) is 6.07 Å². The molecule has 1 N–H and O–H groups in total. The molecule has 0 saturated heterocycles. The van der Waals surface area contributed by atoms with Gasteiger partial charge in [0.15, 0.2) is 10.9 Å². The van der Waals surface area contributed by atoms with Crippen molar-refractivity contribution in [1.82, 2.24) is 24.6 Å². The summed E-state index contributed by atoms with van der Waals surface area (Å²) in [7, 11) is 3.96. The van der Waals surface area contributed by atoms with E-state index in [1.54, 1.807) is 17.1 Å². The third-order valence-electron chi connectivity index (χ3n) is 3.37. The minimum Gasteiger partial charge on any atom is -0.304 e. The molecule has 124 valence electrons. The van der Waals surface area contributed by atoms with Gasteiger partial charge < -0.3 is 4.90 Å². The molecule has 0 fully saturated rings. The lowest BCUT2D eigenvalue weighted by Crippen LogP contribution is -2.14. The molecule has 3 heterocycles. The molecule has 0 saturated carbocycles. The summed E-state index contributed by atoms with van der Waals surface area (Å²) in [5.41, 5.74) is 2.17. The van der Waals surface area contributed by atoms with Crippen LogP contribution in [-0.2, 0) is 6.54 Å². The Morgan fingerprint density at radius 3 is 2.92 bits per heavy atom. The van der Waals surface area contributed by atoms with Gasteiger partial charge in [0, 0.05) is 18.1 Å². The van der Waals surface area contributed by atoms with Gasteiger partial charge in [0.1, 0.15) is 0 Å². The topological polar surface area (TPSA) is 75.9 Å². The second kappa shape index (κ2) is 6.90. The second-order valence-corrected chi connectivity index (χ2v) is 6.44. The van der Waals surface area contributed by atoms with E-state index in [4.69, 9.17) is 0 Å². The van der Waals surface area contributed by atoms with Gasteiger partial charge in [0.05, 0.1) is 23.1 Å². The van der Waals surface area contributed by atoms with Crippen molar-refractivity contribution in [3.63, 3.8) is 0 Å². The largest absolute Gasteiger partial charge is 0.304 e. The van der Waals surface area contributed by atoms with Crippen molar-refractivity contribution in [1.29, 1.82) is 0 Å². The molecule has 0 unspecified atom stereocenters. The molecule has 8 heteroatoms.